The van der Waals surface area contributed by atoms with Crippen molar-refractivity contribution in [2.24, 2.45) is 23.5 Å². The number of nitrogens with two attached hydrogens (primary N) is 1. The molecule has 0 radical (unpaired) electrons. The number of para-hydroxylation sites is 1. The number of aromatic nitrogens is 1. The van der Waals surface area contributed by atoms with E-state index in [2.05, 4.69) is 31.6 Å². The first-order chi connectivity index (χ1) is 29.7. The zero-order chi connectivity index (χ0) is 46.7. The van der Waals surface area contributed by atoms with Crippen LogP contribution in [0.4, 0.5) is 0 Å². The average molecular weight is 877 g/mol. The fraction of sp³-hybridized carbons (Fsp3) is 0.533. The van der Waals surface area contributed by atoms with E-state index in [9.17, 15) is 48.9 Å². The Morgan fingerprint density at radius 1 is 0.746 bits per heavy atom. The molecule has 1 aliphatic rings. The summed E-state index contributed by atoms with van der Waals surface area (Å²) in [5.41, 5.74) is 8.08. The molecule has 18 heteroatoms. The van der Waals surface area contributed by atoms with Crippen LogP contribution in [-0.2, 0) is 46.4 Å². The number of hydrogen-bond acceptors (Lipinski definition) is 10. The maximum absolute atomic E-state index is 14.6. The van der Waals surface area contributed by atoms with E-state index in [1.165, 1.54) is 24.0 Å². The topological polar surface area (TPSA) is 285 Å². The van der Waals surface area contributed by atoms with E-state index in [0.29, 0.717) is 24.0 Å². The molecular weight excluding hydrogens is 813 g/mol. The number of aliphatic hydroxyl groups excluding tert-OH is 1. The van der Waals surface area contributed by atoms with Gasteiger partial charge in [-0.25, -0.2) is 4.79 Å². The highest BCUT2D eigenvalue weighted by atomic mass is 16.4. The molecular formula is C45H64N8O10. The summed E-state index contributed by atoms with van der Waals surface area (Å²) in [5.74, 6) is -6.19. The summed E-state index contributed by atoms with van der Waals surface area (Å²) in [6, 6.07) is 4.95. The standard InChI is InChI=1S/C45H64N8O10/c1-23(2)19-31(46)39(56)50-37(25(5)6)43(60)51-36(24(3)4)42(59)49-34(20-27-14-16-29(55)17-15-27)44(61)53-18-10-13-35(53)41(58)48-33(40(57)52-38(26(7)54)45(62)63)21-28-22-47-32-12-9-8-11-30(28)32/h8-9,11-12,14-17,22-26,31,33-38,47,54-55H,10,13,18-21,46H2,1-7H3,(H,48,58)(H,49,59)(H,50,56)(H,51,60)(H,52,57)(H,62,63)/t26-,31+,33+,34+,35+,36+,37+,38+/m1/s1. The van der Waals surface area contributed by atoms with E-state index in [4.69, 9.17) is 5.73 Å². The second-order valence-electron chi connectivity index (χ2n) is 17.5. The maximum atomic E-state index is 14.6. The van der Waals surface area contributed by atoms with Gasteiger partial charge in [-0.15, -0.1) is 0 Å². The van der Waals surface area contributed by atoms with Crippen molar-refractivity contribution in [3.05, 3.63) is 65.9 Å². The minimum absolute atomic E-state index is 0.0177. The Kier molecular flexibility index (Phi) is 17.6. The number of nitrogens with zero attached hydrogens (tertiary/aromatic N) is 1. The lowest BCUT2D eigenvalue weighted by Gasteiger charge is -2.32. The third kappa shape index (κ3) is 13.5. The number of H-pyrrole nitrogens is 1. The number of carbonyl (C=O) groups is 7. The quantitative estimate of drug-likeness (QED) is 0.0727. The zero-order valence-electron chi connectivity index (χ0n) is 37.0. The number of fused-ring (bicyclic) bond motifs is 1. The molecule has 1 aromatic heterocycles. The number of aromatic hydroxyl groups is 1. The molecule has 2 aromatic carbocycles. The summed E-state index contributed by atoms with van der Waals surface area (Å²) in [6.45, 7) is 12.1. The van der Waals surface area contributed by atoms with Crippen LogP contribution in [-0.4, -0.2) is 122 Å². The monoisotopic (exact) mass is 876 g/mol. The second kappa shape index (κ2) is 22.4. The fourth-order valence-electron chi connectivity index (χ4n) is 7.66. The summed E-state index contributed by atoms with van der Waals surface area (Å²) in [5, 5.41) is 43.9. The molecule has 0 spiro atoms. The highest BCUT2D eigenvalue weighted by Gasteiger charge is 2.41. The van der Waals surface area contributed by atoms with E-state index < -0.39 is 95.7 Å². The molecule has 344 valence electrons. The largest absolute Gasteiger partial charge is 0.508 e. The Bertz CT molecular complexity index is 2080. The number of carboxylic acids is 1. The number of aliphatic carboxylic acids is 1. The summed E-state index contributed by atoms with van der Waals surface area (Å²) in [4.78, 5) is 99.7. The van der Waals surface area contributed by atoms with Crippen molar-refractivity contribution in [3.8, 4) is 5.75 Å². The number of phenolic OH excluding ortho intramolecular Hbond substituents is 1. The van der Waals surface area contributed by atoms with Crippen molar-refractivity contribution < 1.29 is 48.9 Å². The maximum Gasteiger partial charge on any atom is 0.328 e. The van der Waals surface area contributed by atoms with Crippen molar-refractivity contribution in [1.29, 1.82) is 0 Å². The average Bonchev–Trinajstić information content (AvgIpc) is 3.88. The number of phenols is 1. The van der Waals surface area contributed by atoms with Gasteiger partial charge in [0.05, 0.1) is 12.1 Å². The molecule has 1 aliphatic heterocycles. The number of carboxylic acid groups (broad SMARTS) is 1. The van der Waals surface area contributed by atoms with Crippen molar-refractivity contribution in [2.75, 3.05) is 6.54 Å². The Labute approximate surface area is 367 Å². The van der Waals surface area contributed by atoms with Crippen LogP contribution in [0.1, 0.15) is 78.9 Å². The van der Waals surface area contributed by atoms with Crippen molar-refractivity contribution in [3.63, 3.8) is 0 Å². The zero-order valence-corrected chi connectivity index (χ0v) is 37.0. The molecule has 0 unspecified atom stereocenters. The molecule has 2 heterocycles. The molecule has 18 nitrogen and oxygen atoms in total. The van der Waals surface area contributed by atoms with Crippen LogP contribution in [0.2, 0.25) is 0 Å². The number of nitrogens with one attached hydrogen (secondary N) is 6. The lowest BCUT2D eigenvalue weighted by Crippen LogP contribution is -2.61. The molecule has 0 bridgehead atoms. The van der Waals surface area contributed by atoms with Crippen LogP contribution in [0.5, 0.6) is 5.75 Å². The van der Waals surface area contributed by atoms with Gasteiger partial charge in [-0.2, -0.15) is 0 Å². The van der Waals surface area contributed by atoms with Gasteiger partial charge in [0.2, 0.25) is 35.4 Å². The number of carbonyl (C=O) groups excluding carboxylic acids is 6. The predicted molar refractivity (Wildman–Crippen MR) is 235 cm³/mol. The van der Waals surface area contributed by atoms with E-state index in [-0.39, 0.29) is 43.4 Å². The molecule has 63 heavy (non-hydrogen) atoms. The lowest BCUT2D eigenvalue weighted by molar-refractivity contribution is -0.145. The number of aromatic amines is 1. The van der Waals surface area contributed by atoms with E-state index >= 15 is 0 Å². The van der Waals surface area contributed by atoms with Crippen LogP contribution in [0, 0.1) is 17.8 Å². The molecule has 1 fully saturated rings. The Balaban J connectivity index is 1.59. The van der Waals surface area contributed by atoms with Gasteiger partial charge in [0.1, 0.15) is 36.0 Å². The van der Waals surface area contributed by atoms with Crippen LogP contribution in [0.15, 0.2) is 54.7 Å². The van der Waals surface area contributed by atoms with Crippen LogP contribution >= 0.6 is 0 Å². The Morgan fingerprint density at radius 2 is 1.33 bits per heavy atom. The number of amides is 6. The number of benzene rings is 2. The fourth-order valence-corrected chi connectivity index (χ4v) is 7.66. The Morgan fingerprint density at radius 3 is 1.92 bits per heavy atom. The molecule has 3 aromatic rings. The van der Waals surface area contributed by atoms with Crippen molar-refractivity contribution in [1.82, 2.24) is 36.5 Å². The van der Waals surface area contributed by atoms with Gasteiger partial charge >= 0.3 is 5.97 Å². The molecule has 8 atom stereocenters. The normalized spacial score (nSPS) is 17.3. The van der Waals surface area contributed by atoms with Gasteiger partial charge in [0.15, 0.2) is 6.04 Å². The van der Waals surface area contributed by atoms with Gasteiger partial charge in [-0.3, -0.25) is 28.8 Å². The third-order valence-electron chi connectivity index (χ3n) is 11.2. The molecule has 4 rings (SSSR count). The highest BCUT2D eigenvalue weighted by Crippen LogP contribution is 2.23. The summed E-state index contributed by atoms with van der Waals surface area (Å²) < 4.78 is 0. The van der Waals surface area contributed by atoms with Gasteiger partial charge < -0.3 is 57.5 Å². The van der Waals surface area contributed by atoms with Gasteiger partial charge in [0.25, 0.3) is 0 Å². The smallest absolute Gasteiger partial charge is 0.328 e. The minimum Gasteiger partial charge on any atom is -0.508 e. The van der Waals surface area contributed by atoms with Gasteiger partial charge in [-0.1, -0.05) is 71.9 Å². The van der Waals surface area contributed by atoms with E-state index in [0.717, 1.165) is 10.9 Å². The van der Waals surface area contributed by atoms with Crippen LogP contribution < -0.4 is 32.3 Å². The third-order valence-corrected chi connectivity index (χ3v) is 11.2. The minimum atomic E-state index is -1.67. The SMILES string of the molecule is CC(C)C[C@H](N)C(=O)N[C@H](C(=O)N[C@H](C(=O)N[C@@H](Cc1ccc(O)cc1)C(=O)N1CCC[C@H]1C(=O)N[C@@H](Cc1c[nH]c2ccccc12)C(=O)N[C@H](C(=O)O)[C@@H](C)O)C(C)C)C(C)C. The van der Waals surface area contributed by atoms with Crippen molar-refractivity contribution >= 4 is 52.3 Å². The highest BCUT2D eigenvalue weighted by molar-refractivity contribution is 5.98. The number of hydrogen-bond donors (Lipinski definition) is 10. The molecule has 1 saturated heterocycles. The summed E-state index contributed by atoms with van der Waals surface area (Å²) in [7, 11) is 0. The predicted octanol–water partition coefficient (Wildman–Crippen LogP) is 1.22. The lowest BCUT2D eigenvalue weighted by atomic mass is 9.97. The number of likely N-dealkylation sites (tertiary alicyclic amines) is 1. The van der Waals surface area contributed by atoms with E-state index in [1.54, 1.807) is 46.0 Å². The second-order valence-corrected chi connectivity index (χ2v) is 17.5. The first kappa shape index (κ1) is 49.6. The van der Waals surface area contributed by atoms with Crippen LogP contribution in [0.25, 0.3) is 10.9 Å². The number of rotatable bonds is 21. The molecule has 6 amide bonds. The van der Waals surface area contributed by atoms with E-state index in [1.807, 2.05) is 38.1 Å². The molecule has 0 saturated carbocycles. The molecule has 11 N–H and O–H groups in total. The van der Waals surface area contributed by atoms with Gasteiger partial charge in [0, 0.05) is 36.5 Å². The van der Waals surface area contributed by atoms with Crippen molar-refractivity contribution in [2.45, 2.75) is 129 Å². The number of aliphatic hydroxyl groups is 1. The molecule has 0 aliphatic carbocycles. The first-order valence-corrected chi connectivity index (χ1v) is 21.5. The van der Waals surface area contributed by atoms with Crippen LogP contribution in [0.3, 0.4) is 0 Å². The Hall–Kier alpha value is -6.01. The summed E-state index contributed by atoms with van der Waals surface area (Å²) >= 11 is 0. The first-order valence-electron chi connectivity index (χ1n) is 21.5. The summed E-state index contributed by atoms with van der Waals surface area (Å²) in [6.07, 6.45) is 1.11. The van der Waals surface area contributed by atoms with Gasteiger partial charge in [-0.05, 0) is 73.3 Å².